The van der Waals surface area contributed by atoms with Gasteiger partial charge in [0.05, 0.1) is 5.56 Å². The van der Waals surface area contributed by atoms with Gasteiger partial charge in [0.15, 0.2) is 0 Å². The Kier molecular flexibility index (Phi) is 5.51. The number of halogens is 4. The lowest BCUT2D eigenvalue weighted by atomic mass is 10.1. The van der Waals surface area contributed by atoms with Crippen LogP contribution in [0.3, 0.4) is 0 Å². The molecule has 0 bridgehead atoms. The number of nitrogens with one attached hydrogen (secondary N) is 1. The quantitative estimate of drug-likeness (QED) is 0.783. The predicted octanol–water partition coefficient (Wildman–Crippen LogP) is 4.63. The Morgan fingerprint density at radius 1 is 1.14 bits per heavy atom. The van der Waals surface area contributed by atoms with Crippen molar-refractivity contribution in [2.75, 3.05) is 23.3 Å². The Bertz CT molecular complexity index is 904. The number of carbonyl (C=O) groups is 2. The van der Waals surface area contributed by atoms with Crippen LogP contribution < -0.4 is 10.2 Å². The number of nitrogens with zero attached hydrogens (tertiary/aromatic N) is 2. The van der Waals surface area contributed by atoms with E-state index in [1.54, 1.807) is 31.2 Å². The molecule has 1 saturated heterocycles. The van der Waals surface area contributed by atoms with Gasteiger partial charge in [0.2, 0.25) is 5.91 Å². The highest BCUT2D eigenvalue weighted by Gasteiger charge is 2.36. The number of hydrogen-bond acceptors (Lipinski definition) is 2. The average Bonchev–Trinajstić information content (AvgIpc) is 2.63. The highest BCUT2D eigenvalue weighted by Crippen LogP contribution is 2.32. The highest BCUT2D eigenvalue weighted by molar-refractivity contribution is 6.30. The van der Waals surface area contributed by atoms with Gasteiger partial charge in [0.1, 0.15) is 6.04 Å². The molecule has 3 amide bonds. The lowest BCUT2D eigenvalue weighted by molar-refractivity contribution is -0.137. The number of hydrogen-bond donors (Lipinski definition) is 1. The zero-order valence-electron chi connectivity index (χ0n) is 14.8. The van der Waals surface area contributed by atoms with E-state index in [4.69, 9.17) is 11.6 Å². The van der Waals surface area contributed by atoms with Crippen LogP contribution in [-0.4, -0.2) is 36.0 Å². The monoisotopic (exact) mass is 411 g/mol. The van der Waals surface area contributed by atoms with Gasteiger partial charge in [0, 0.05) is 29.5 Å². The van der Waals surface area contributed by atoms with Crippen molar-refractivity contribution in [1.82, 2.24) is 4.90 Å². The molecular weight excluding hydrogens is 395 g/mol. The van der Waals surface area contributed by atoms with Crippen molar-refractivity contribution in [3.63, 3.8) is 0 Å². The van der Waals surface area contributed by atoms with E-state index >= 15 is 0 Å². The van der Waals surface area contributed by atoms with Gasteiger partial charge in [-0.2, -0.15) is 13.2 Å². The van der Waals surface area contributed by atoms with Crippen molar-refractivity contribution < 1.29 is 22.8 Å². The van der Waals surface area contributed by atoms with Gasteiger partial charge in [-0.1, -0.05) is 23.7 Å². The summed E-state index contributed by atoms with van der Waals surface area (Å²) in [6.07, 6.45) is -4.50. The van der Waals surface area contributed by atoms with Crippen LogP contribution in [0, 0.1) is 0 Å². The molecule has 5 nitrogen and oxygen atoms in total. The fourth-order valence-corrected chi connectivity index (χ4v) is 3.21. The number of carbonyl (C=O) groups excluding carboxylic acids is 2. The first-order valence-corrected chi connectivity index (χ1v) is 8.86. The van der Waals surface area contributed by atoms with Crippen LogP contribution in [0.5, 0.6) is 0 Å². The summed E-state index contributed by atoms with van der Waals surface area (Å²) < 4.78 is 38.8. The minimum atomic E-state index is -4.50. The Morgan fingerprint density at radius 3 is 2.54 bits per heavy atom. The lowest BCUT2D eigenvalue weighted by Crippen LogP contribution is -2.58. The summed E-state index contributed by atoms with van der Waals surface area (Å²) in [5, 5.41) is 3.12. The van der Waals surface area contributed by atoms with Crippen LogP contribution in [0.4, 0.5) is 29.3 Å². The minimum absolute atomic E-state index is 0.0907. The molecule has 0 spiro atoms. The topological polar surface area (TPSA) is 52.7 Å². The van der Waals surface area contributed by atoms with Gasteiger partial charge < -0.3 is 15.1 Å². The fraction of sp³-hybridized carbons (Fsp3) is 0.263. The number of urea groups is 1. The molecule has 0 radical (unpaired) electrons. The van der Waals surface area contributed by atoms with Crippen molar-refractivity contribution in [1.29, 1.82) is 0 Å². The summed E-state index contributed by atoms with van der Waals surface area (Å²) in [6.45, 7) is 1.81. The van der Waals surface area contributed by atoms with Gasteiger partial charge in [-0.25, -0.2) is 4.79 Å². The molecule has 9 heteroatoms. The Labute approximate surface area is 164 Å². The molecule has 0 aliphatic carbocycles. The third-order valence-corrected chi connectivity index (χ3v) is 4.71. The smallest absolute Gasteiger partial charge is 0.311 e. The fourth-order valence-electron chi connectivity index (χ4n) is 3.02. The molecule has 1 fully saturated rings. The van der Waals surface area contributed by atoms with Crippen LogP contribution in [0.1, 0.15) is 12.5 Å². The molecule has 28 heavy (non-hydrogen) atoms. The molecule has 148 valence electrons. The number of benzene rings is 2. The van der Waals surface area contributed by atoms with Crippen molar-refractivity contribution >= 4 is 34.9 Å². The third kappa shape index (κ3) is 4.22. The van der Waals surface area contributed by atoms with Crippen molar-refractivity contribution in [2.45, 2.75) is 19.1 Å². The molecule has 0 saturated carbocycles. The van der Waals surface area contributed by atoms with E-state index in [9.17, 15) is 22.8 Å². The van der Waals surface area contributed by atoms with Gasteiger partial charge in [-0.05, 0) is 43.3 Å². The van der Waals surface area contributed by atoms with Crippen LogP contribution in [0.25, 0.3) is 0 Å². The van der Waals surface area contributed by atoms with E-state index in [1.807, 2.05) is 0 Å². The summed E-state index contributed by atoms with van der Waals surface area (Å²) >= 11 is 5.89. The van der Waals surface area contributed by atoms with Crippen molar-refractivity contribution in [2.24, 2.45) is 0 Å². The third-order valence-electron chi connectivity index (χ3n) is 4.48. The summed E-state index contributed by atoms with van der Waals surface area (Å²) in [4.78, 5) is 27.8. The second-order valence-electron chi connectivity index (χ2n) is 6.35. The van der Waals surface area contributed by atoms with Gasteiger partial charge in [-0.15, -0.1) is 0 Å². The van der Waals surface area contributed by atoms with E-state index in [1.165, 1.54) is 21.9 Å². The first kappa shape index (κ1) is 20.0. The van der Waals surface area contributed by atoms with E-state index in [0.29, 0.717) is 10.7 Å². The summed E-state index contributed by atoms with van der Waals surface area (Å²) in [7, 11) is 0. The first-order chi connectivity index (χ1) is 13.2. The first-order valence-electron chi connectivity index (χ1n) is 8.48. The lowest BCUT2D eigenvalue weighted by Gasteiger charge is -2.39. The molecule has 3 rings (SSSR count). The Balaban J connectivity index is 1.74. The molecule has 2 aromatic rings. The highest BCUT2D eigenvalue weighted by atomic mass is 35.5. The molecule has 2 aromatic carbocycles. The van der Waals surface area contributed by atoms with Crippen LogP contribution in [0.15, 0.2) is 48.5 Å². The minimum Gasteiger partial charge on any atom is -0.311 e. The van der Waals surface area contributed by atoms with Gasteiger partial charge in [0.25, 0.3) is 0 Å². The molecule has 0 unspecified atom stereocenters. The summed E-state index contributed by atoms with van der Waals surface area (Å²) in [6, 6.07) is 9.86. The zero-order valence-corrected chi connectivity index (χ0v) is 15.6. The van der Waals surface area contributed by atoms with Crippen LogP contribution >= 0.6 is 11.6 Å². The molecular formula is C19H17ClF3N3O2. The summed E-state index contributed by atoms with van der Waals surface area (Å²) in [5.74, 6) is -0.452. The van der Waals surface area contributed by atoms with E-state index < -0.39 is 29.7 Å². The van der Waals surface area contributed by atoms with Gasteiger partial charge >= 0.3 is 12.2 Å². The largest absolute Gasteiger partial charge is 0.416 e. The van der Waals surface area contributed by atoms with Gasteiger partial charge in [-0.3, -0.25) is 4.79 Å². The van der Waals surface area contributed by atoms with E-state index in [0.717, 1.165) is 12.1 Å². The second-order valence-corrected chi connectivity index (χ2v) is 6.78. The zero-order chi connectivity index (χ0) is 20.5. The molecule has 1 aliphatic rings. The maximum atomic E-state index is 12.9. The molecule has 1 aliphatic heterocycles. The molecule has 1 heterocycles. The average molecular weight is 412 g/mol. The molecule has 1 atom stereocenters. The standard InChI is InChI=1S/C19H17ClF3N3O2/c1-12-17(27)26(16-7-2-4-13(10-16)19(21,22)23)9-8-25(12)18(28)24-15-6-3-5-14(20)11-15/h2-7,10-12H,8-9H2,1H3,(H,24,28)/t12-/m0/s1. The van der Waals surface area contributed by atoms with E-state index in [-0.39, 0.29) is 18.8 Å². The van der Waals surface area contributed by atoms with E-state index in [2.05, 4.69) is 5.32 Å². The van der Waals surface area contributed by atoms with Crippen LogP contribution in [0.2, 0.25) is 5.02 Å². The number of anilines is 2. The number of rotatable bonds is 2. The SMILES string of the molecule is C[C@H]1C(=O)N(c2cccc(C(F)(F)F)c2)CCN1C(=O)Nc1cccc(Cl)c1. The Morgan fingerprint density at radius 2 is 1.86 bits per heavy atom. The van der Waals surface area contributed by atoms with Crippen LogP contribution in [-0.2, 0) is 11.0 Å². The number of alkyl halides is 3. The number of amides is 3. The predicted molar refractivity (Wildman–Crippen MR) is 100 cm³/mol. The normalized spacial score (nSPS) is 17.6. The maximum absolute atomic E-state index is 12.9. The Hall–Kier alpha value is -2.74. The molecule has 0 aromatic heterocycles. The molecule has 1 N–H and O–H groups in total. The number of piperazine rings is 1. The summed E-state index contributed by atoms with van der Waals surface area (Å²) in [5.41, 5.74) is -0.189. The van der Waals surface area contributed by atoms with Crippen molar-refractivity contribution in [3.8, 4) is 0 Å². The second kappa shape index (κ2) is 7.71. The van der Waals surface area contributed by atoms with Crippen molar-refractivity contribution in [3.05, 3.63) is 59.1 Å². The maximum Gasteiger partial charge on any atom is 0.416 e.